The summed E-state index contributed by atoms with van der Waals surface area (Å²) in [4.78, 5) is 22.6. The maximum Gasteiger partial charge on any atom is 0.311 e. The number of nitrogens with zero attached hydrogens (tertiary/aromatic N) is 3. The molecule has 0 aliphatic carbocycles. The molecule has 0 aliphatic heterocycles. The van der Waals surface area contributed by atoms with Gasteiger partial charge in [-0.3, -0.25) is 14.8 Å². The van der Waals surface area contributed by atoms with Crippen molar-refractivity contribution < 1.29 is 14.3 Å². The van der Waals surface area contributed by atoms with E-state index in [1.54, 1.807) is 6.20 Å². The molecule has 0 fully saturated rings. The van der Waals surface area contributed by atoms with Crippen LogP contribution in [-0.2, 0) is 29.1 Å². The third-order valence-electron chi connectivity index (χ3n) is 7.25. The first-order chi connectivity index (χ1) is 22.4. The summed E-state index contributed by atoms with van der Waals surface area (Å²) in [5.74, 6) is 0.587. The second-order valence-corrected chi connectivity index (χ2v) is 14.6. The summed E-state index contributed by atoms with van der Waals surface area (Å²) >= 11 is 1.83. The maximum absolute atomic E-state index is 13.1. The Hall–Kier alpha value is -4.10. The minimum Gasteiger partial charge on any atom is -0.487 e. The van der Waals surface area contributed by atoms with E-state index in [4.69, 9.17) is 9.47 Å². The molecule has 0 spiro atoms. The normalized spacial score (nSPS) is 12.1. The van der Waals surface area contributed by atoms with Crippen LogP contribution in [0.5, 0.6) is 5.75 Å². The molecule has 0 unspecified atom stereocenters. The van der Waals surface area contributed by atoms with E-state index in [-0.39, 0.29) is 10.7 Å². The zero-order valence-corrected chi connectivity index (χ0v) is 30.4. The summed E-state index contributed by atoms with van der Waals surface area (Å²) in [6.45, 7) is 23.3. The number of carbonyl (C=O) groups is 1. The SMILES string of the molecule is C=N/C(C)=C\C=C\c1ccc(Cn2c(CC(C)(C)C(=O)OCC)c(SC(C)(C)C)c3cc(OCc4ccccn4)ccc32)cc1.CC. The lowest BCUT2D eigenvalue weighted by atomic mass is 9.87. The average molecular weight is 654 g/mol. The second-order valence-electron chi connectivity index (χ2n) is 12.7. The van der Waals surface area contributed by atoms with Crippen LogP contribution in [-0.4, -0.2) is 33.6 Å². The van der Waals surface area contributed by atoms with Crippen molar-refractivity contribution in [1.82, 2.24) is 9.55 Å². The summed E-state index contributed by atoms with van der Waals surface area (Å²) < 4.78 is 14.0. The van der Waals surface area contributed by atoms with E-state index >= 15 is 0 Å². The number of aliphatic imine (C=N–C) groups is 1. The van der Waals surface area contributed by atoms with Gasteiger partial charge in [0, 0.05) is 51.1 Å². The summed E-state index contributed by atoms with van der Waals surface area (Å²) in [7, 11) is 0. The van der Waals surface area contributed by atoms with Gasteiger partial charge >= 0.3 is 5.97 Å². The van der Waals surface area contributed by atoms with Crippen LogP contribution >= 0.6 is 11.8 Å². The summed E-state index contributed by atoms with van der Waals surface area (Å²) in [6, 6.07) is 20.7. The standard InChI is InChI=1S/C38H45N3O3S.C2H6/c1-9-43-36(42)38(6,7)24-34-35(45-37(3,4)5)32-23-31(44-26-30-15-10-11-22-40-30)20-21-33(32)41(34)25-29-18-16-28(17-19-29)14-12-13-27(2)39-8;1-2/h10-23H,8-9,24-26H2,1-7H3;1-2H3/b14-12+,27-13-;. The van der Waals surface area contributed by atoms with Crippen LogP contribution in [0.15, 0.2) is 94.6 Å². The molecule has 0 amide bonds. The Bertz CT molecular complexity index is 1680. The van der Waals surface area contributed by atoms with Gasteiger partial charge in [0.1, 0.15) is 12.4 Å². The van der Waals surface area contributed by atoms with Crippen LogP contribution in [0.4, 0.5) is 0 Å². The number of aromatic nitrogens is 2. The number of hydrogen-bond acceptors (Lipinski definition) is 6. The van der Waals surface area contributed by atoms with Crippen molar-refractivity contribution in [2.24, 2.45) is 10.4 Å². The molecule has 250 valence electrons. The Morgan fingerprint density at radius 3 is 2.38 bits per heavy atom. The van der Waals surface area contributed by atoms with Gasteiger partial charge in [-0.25, -0.2) is 0 Å². The molecule has 7 heteroatoms. The van der Waals surface area contributed by atoms with E-state index in [0.717, 1.165) is 44.2 Å². The van der Waals surface area contributed by atoms with Crippen LogP contribution in [0.25, 0.3) is 17.0 Å². The first kappa shape index (κ1) is 37.4. The third-order valence-corrected chi connectivity index (χ3v) is 8.52. The highest BCUT2D eigenvalue weighted by atomic mass is 32.2. The summed E-state index contributed by atoms with van der Waals surface area (Å²) in [5, 5.41) is 1.11. The number of benzene rings is 2. The lowest BCUT2D eigenvalue weighted by molar-refractivity contribution is -0.153. The lowest BCUT2D eigenvalue weighted by Gasteiger charge is -2.26. The zero-order chi connectivity index (χ0) is 34.6. The highest BCUT2D eigenvalue weighted by molar-refractivity contribution is 8.00. The number of fused-ring (bicyclic) bond motifs is 1. The Kier molecular flexibility index (Phi) is 13.6. The van der Waals surface area contributed by atoms with Gasteiger partial charge in [-0.2, -0.15) is 0 Å². The minimum absolute atomic E-state index is 0.0609. The van der Waals surface area contributed by atoms with E-state index < -0.39 is 5.41 Å². The molecule has 47 heavy (non-hydrogen) atoms. The van der Waals surface area contributed by atoms with E-state index in [2.05, 4.69) is 84.5 Å². The molecule has 2 aromatic heterocycles. The van der Waals surface area contributed by atoms with Gasteiger partial charge < -0.3 is 14.0 Å². The highest BCUT2D eigenvalue weighted by Crippen LogP contribution is 2.44. The van der Waals surface area contributed by atoms with Crippen molar-refractivity contribution in [2.75, 3.05) is 6.61 Å². The molecule has 0 N–H and O–H groups in total. The van der Waals surface area contributed by atoms with Gasteiger partial charge in [0.25, 0.3) is 0 Å². The maximum atomic E-state index is 13.1. The van der Waals surface area contributed by atoms with Crippen LogP contribution in [0.3, 0.4) is 0 Å². The van der Waals surface area contributed by atoms with Crippen molar-refractivity contribution in [3.8, 4) is 5.75 Å². The Balaban J connectivity index is 0.00000294. The number of thioether (sulfide) groups is 1. The molecule has 4 rings (SSSR count). The largest absolute Gasteiger partial charge is 0.487 e. The van der Waals surface area contributed by atoms with Crippen LogP contribution in [0.2, 0.25) is 0 Å². The molecular weight excluding hydrogens is 603 g/mol. The minimum atomic E-state index is -0.714. The second kappa shape index (κ2) is 17.2. The zero-order valence-electron chi connectivity index (χ0n) is 29.6. The van der Waals surface area contributed by atoms with Gasteiger partial charge in [0.05, 0.1) is 17.7 Å². The van der Waals surface area contributed by atoms with Gasteiger partial charge in [-0.1, -0.05) is 77.1 Å². The van der Waals surface area contributed by atoms with Crippen molar-refractivity contribution in [1.29, 1.82) is 0 Å². The van der Waals surface area contributed by atoms with Crippen LogP contribution in [0.1, 0.15) is 84.8 Å². The Labute approximate surface area is 286 Å². The Morgan fingerprint density at radius 2 is 1.77 bits per heavy atom. The summed E-state index contributed by atoms with van der Waals surface area (Å²) in [5.41, 5.74) is 5.52. The van der Waals surface area contributed by atoms with E-state index in [1.807, 2.05) is 89.7 Å². The molecule has 0 atom stereocenters. The predicted molar refractivity (Wildman–Crippen MR) is 199 cm³/mol. The molecule has 4 aromatic rings. The molecule has 2 aromatic carbocycles. The molecule has 0 bridgehead atoms. The van der Waals surface area contributed by atoms with Crippen molar-refractivity contribution in [2.45, 2.75) is 91.5 Å². The highest BCUT2D eigenvalue weighted by Gasteiger charge is 2.34. The van der Waals surface area contributed by atoms with E-state index in [0.29, 0.717) is 26.2 Å². The third kappa shape index (κ3) is 10.7. The smallest absolute Gasteiger partial charge is 0.311 e. The first-order valence-electron chi connectivity index (χ1n) is 16.3. The van der Waals surface area contributed by atoms with Crippen LogP contribution < -0.4 is 4.74 Å². The van der Waals surface area contributed by atoms with Crippen molar-refractivity contribution >= 4 is 41.4 Å². The number of hydrogen-bond donors (Lipinski definition) is 0. The Morgan fingerprint density at radius 1 is 1.04 bits per heavy atom. The van der Waals surface area contributed by atoms with Gasteiger partial charge in [0.2, 0.25) is 0 Å². The first-order valence-corrected chi connectivity index (χ1v) is 17.2. The number of allylic oxidation sites excluding steroid dienone is 3. The number of esters is 1. The van der Waals surface area contributed by atoms with Gasteiger partial charge in [-0.15, -0.1) is 11.8 Å². The summed E-state index contributed by atoms with van der Waals surface area (Å²) in [6.07, 6.45) is 8.29. The molecule has 2 heterocycles. The average Bonchev–Trinajstić information content (AvgIpc) is 3.31. The molecule has 6 nitrogen and oxygen atoms in total. The lowest BCUT2D eigenvalue weighted by Crippen LogP contribution is -2.30. The molecular formula is C40H51N3O3S. The van der Waals surface area contributed by atoms with Crippen molar-refractivity contribution in [3.05, 3.63) is 107 Å². The monoisotopic (exact) mass is 653 g/mol. The molecule has 0 aliphatic rings. The van der Waals surface area contributed by atoms with Gasteiger partial charge in [-0.05, 0) is 81.9 Å². The fourth-order valence-electron chi connectivity index (χ4n) is 4.95. The van der Waals surface area contributed by atoms with E-state index in [9.17, 15) is 4.79 Å². The fraction of sp³-hybridized carbons (Fsp3) is 0.375. The molecule has 0 radical (unpaired) electrons. The fourth-order valence-corrected chi connectivity index (χ4v) is 6.13. The number of rotatable bonds is 13. The number of pyridine rings is 1. The quantitative estimate of drug-likeness (QED) is 0.0622. The number of carbonyl (C=O) groups excluding carboxylic acids is 1. The predicted octanol–water partition coefficient (Wildman–Crippen LogP) is 10.3. The van der Waals surface area contributed by atoms with Crippen molar-refractivity contribution in [3.63, 3.8) is 0 Å². The van der Waals surface area contributed by atoms with Crippen LogP contribution in [0, 0.1) is 5.41 Å². The number of ether oxygens (including phenoxy) is 2. The molecule has 0 saturated carbocycles. The van der Waals surface area contributed by atoms with Gasteiger partial charge in [0.15, 0.2) is 0 Å². The molecule has 0 saturated heterocycles. The van der Waals surface area contributed by atoms with E-state index in [1.165, 1.54) is 5.56 Å². The topological polar surface area (TPSA) is 65.7 Å².